The zero-order valence-corrected chi connectivity index (χ0v) is 7.70. The number of aromatic hydroxyl groups is 1. The normalized spacial score (nSPS) is 17.5. The van der Waals surface area contributed by atoms with Crippen molar-refractivity contribution >= 4 is 5.97 Å². The first kappa shape index (κ1) is 9.92. The van der Waals surface area contributed by atoms with E-state index in [0.717, 1.165) is 12.1 Å². The second-order valence-electron chi connectivity index (χ2n) is 3.69. The van der Waals surface area contributed by atoms with Crippen molar-refractivity contribution in [3.63, 3.8) is 0 Å². The molecule has 0 saturated heterocycles. The van der Waals surface area contributed by atoms with E-state index in [1.54, 1.807) is 0 Å². The molecule has 4 nitrogen and oxygen atoms in total. The largest absolute Gasteiger partial charge is 0.504 e. The van der Waals surface area contributed by atoms with Crippen LogP contribution in [0.3, 0.4) is 0 Å². The Bertz CT molecular complexity index is 437. The molecule has 0 aromatic heterocycles. The van der Waals surface area contributed by atoms with Gasteiger partial charge in [0.25, 0.3) is 0 Å². The van der Waals surface area contributed by atoms with Gasteiger partial charge in [0.1, 0.15) is 5.56 Å². The maximum atomic E-state index is 13.1. The number of carboxylic acids is 1. The number of carbonyl (C=O) groups is 1. The lowest BCUT2D eigenvalue weighted by atomic mass is 10.0. The Balaban J connectivity index is 2.56. The van der Waals surface area contributed by atoms with E-state index in [1.807, 2.05) is 0 Å². The highest BCUT2D eigenvalue weighted by Crippen LogP contribution is 2.46. The Morgan fingerprint density at radius 1 is 1.40 bits per heavy atom. The van der Waals surface area contributed by atoms with E-state index in [1.165, 1.54) is 0 Å². The SMILES string of the molecule is O=C(O)c1cc(C2(O)CC2)cc(F)c1O. The van der Waals surface area contributed by atoms with Gasteiger partial charge in [-0.2, -0.15) is 0 Å². The summed E-state index contributed by atoms with van der Waals surface area (Å²) in [6.45, 7) is 0. The van der Waals surface area contributed by atoms with Crippen molar-refractivity contribution in [2.24, 2.45) is 0 Å². The number of aromatic carboxylic acids is 1. The summed E-state index contributed by atoms with van der Waals surface area (Å²) < 4.78 is 13.1. The van der Waals surface area contributed by atoms with Crippen LogP contribution < -0.4 is 0 Å². The van der Waals surface area contributed by atoms with Crippen LogP contribution in [0.2, 0.25) is 0 Å². The predicted molar refractivity (Wildman–Crippen MR) is 48.2 cm³/mol. The number of rotatable bonds is 2. The van der Waals surface area contributed by atoms with Crippen LogP contribution in [0.15, 0.2) is 12.1 Å². The van der Waals surface area contributed by atoms with Gasteiger partial charge in [0.2, 0.25) is 0 Å². The smallest absolute Gasteiger partial charge is 0.339 e. The molecule has 0 bridgehead atoms. The summed E-state index contributed by atoms with van der Waals surface area (Å²) in [7, 11) is 0. The molecule has 0 atom stereocenters. The number of hydrogen-bond acceptors (Lipinski definition) is 3. The molecular weight excluding hydrogens is 203 g/mol. The standard InChI is InChI=1S/C10H9FO4/c11-7-4-5(10(15)1-2-10)3-6(8(7)12)9(13)14/h3-4,12,15H,1-2H2,(H,13,14). The minimum Gasteiger partial charge on any atom is -0.504 e. The van der Waals surface area contributed by atoms with Crippen LogP contribution in [-0.4, -0.2) is 21.3 Å². The fraction of sp³-hybridized carbons (Fsp3) is 0.300. The molecule has 1 fully saturated rings. The molecule has 0 amide bonds. The van der Waals surface area contributed by atoms with Gasteiger partial charge >= 0.3 is 5.97 Å². The van der Waals surface area contributed by atoms with Crippen molar-refractivity contribution < 1.29 is 24.5 Å². The van der Waals surface area contributed by atoms with Crippen molar-refractivity contribution in [2.45, 2.75) is 18.4 Å². The van der Waals surface area contributed by atoms with Crippen molar-refractivity contribution in [1.82, 2.24) is 0 Å². The molecule has 0 aliphatic heterocycles. The van der Waals surface area contributed by atoms with Gasteiger partial charge in [0.05, 0.1) is 5.60 Å². The summed E-state index contributed by atoms with van der Waals surface area (Å²) in [4.78, 5) is 10.7. The van der Waals surface area contributed by atoms with Gasteiger partial charge in [0, 0.05) is 0 Å². The maximum absolute atomic E-state index is 13.1. The minimum atomic E-state index is -1.42. The third kappa shape index (κ3) is 1.55. The summed E-state index contributed by atoms with van der Waals surface area (Å²) in [5.74, 6) is -3.33. The van der Waals surface area contributed by atoms with Crippen molar-refractivity contribution in [3.8, 4) is 5.75 Å². The second-order valence-corrected chi connectivity index (χ2v) is 3.69. The van der Waals surface area contributed by atoms with Gasteiger partial charge in [-0.25, -0.2) is 9.18 Å². The Kier molecular flexibility index (Phi) is 1.94. The topological polar surface area (TPSA) is 77.8 Å². The predicted octanol–water partition coefficient (Wildman–Crippen LogP) is 1.21. The quantitative estimate of drug-likeness (QED) is 0.688. The minimum absolute atomic E-state index is 0.204. The monoisotopic (exact) mass is 212 g/mol. The molecule has 1 saturated carbocycles. The Morgan fingerprint density at radius 2 is 2.00 bits per heavy atom. The van der Waals surface area contributed by atoms with Gasteiger partial charge in [-0.3, -0.25) is 0 Å². The lowest BCUT2D eigenvalue weighted by molar-refractivity contribution is 0.0692. The van der Waals surface area contributed by atoms with Crippen LogP contribution in [0.1, 0.15) is 28.8 Å². The van der Waals surface area contributed by atoms with E-state index in [4.69, 9.17) is 10.2 Å². The molecule has 2 rings (SSSR count). The molecule has 15 heavy (non-hydrogen) atoms. The first-order chi connectivity index (χ1) is 6.94. The van der Waals surface area contributed by atoms with Gasteiger partial charge in [0.15, 0.2) is 11.6 Å². The second kappa shape index (κ2) is 2.93. The van der Waals surface area contributed by atoms with Gasteiger partial charge < -0.3 is 15.3 Å². The molecule has 0 spiro atoms. The zero-order chi connectivity index (χ0) is 11.2. The average molecular weight is 212 g/mol. The third-order valence-electron chi connectivity index (χ3n) is 2.55. The zero-order valence-electron chi connectivity index (χ0n) is 7.70. The first-order valence-electron chi connectivity index (χ1n) is 4.43. The Hall–Kier alpha value is -1.62. The fourth-order valence-electron chi connectivity index (χ4n) is 1.44. The van der Waals surface area contributed by atoms with Crippen molar-refractivity contribution in [1.29, 1.82) is 0 Å². The highest BCUT2D eigenvalue weighted by atomic mass is 19.1. The van der Waals surface area contributed by atoms with E-state index in [-0.39, 0.29) is 5.56 Å². The fourth-order valence-corrected chi connectivity index (χ4v) is 1.44. The van der Waals surface area contributed by atoms with E-state index >= 15 is 0 Å². The first-order valence-corrected chi connectivity index (χ1v) is 4.43. The summed E-state index contributed by atoms with van der Waals surface area (Å²) in [5.41, 5.74) is -1.43. The van der Waals surface area contributed by atoms with Crippen LogP contribution in [0.5, 0.6) is 5.75 Å². The Morgan fingerprint density at radius 3 is 2.47 bits per heavy atom. The molecule has 0 unspecified atom stereocenters. The molecule has 0 radical (unpaired) electrons. The number of aliphatic hydroxyl groups is 1. The lowest BCUT2D eigenvalue weighted by Crippen LogP contribution is -2.08. The van der Waals surface area contributed by atoms with E-state index in [0.29, 0.717) is 12.8 Å². The van der Waals surface area contributed by atoms with Gasteiger partial charge in [-0.1, -0.05) is 0 Å². The molecule has 1 aromatic carbocycles. The molecule has 80 valence electrons. The molecule has 1 aromatic rings. The highest BCUT2D eigenvalue weighted by molar-refractivity contribution is 5.91. The van der Waals surface area contributed by atoms with E-state index in [9.17, 15) is 14.3 Å². The highest BCUT2D eigenvalue weighted by Gasteiger charge is 2.43. The number of phenols is 1. The van der Waals surface area contributed by atoms with Gasteiger partial charge in [-0.05, 0) is 30.5 Å². The molecular formula is C10H9FO4. The maximum Gasteiger partial charge on any atom is 0.339 e. The van der Waals surface area contributed by atoms with Crippen molar-refractivity contribution in [2.75, 3.05) is 0 Å². The molecule has 3 N–H and O–H groups in total. The third-order valence-corrected chi connectivity index (χ3v) is 2.55. The number of hydrogen-bond donors (Lipinski definition) is 3. The molecule has 5 heteroatoms. The lowest BCUT2D eigenvalue weighted by Gasteiger charge is -2.10. The summed E-state index contributed by atoms with van der Waals surface area (Å²) in [5, 5.41) is 27.5. The molecule has 0 heterocycles. The Labute approximate surface area is 84.6 Å². The van der Waals surface area contributed by atoms with E-state index in [2.05, 4.69) is 0 Å². The number of benzene rings is 1. The van der Waals surface area contributed by atoms with Gasteiger partial charge in [-0.15, -0.1) is 0 Å². The average Bonchev–Trinajstić information content (AvgIpc) is 2.89. The number of halogens is 1. The number of carboxylic acid groups (broad SMARTS) is 1. The summed E-state index contributed by atoms with van der Waals surface area (Å²) in [6.07, 6.45) is 0.965. The van der Waals surface area contributed by atoms with E-state index < -0.39 is 28.7 Å². The summed E-state index contributed by atoms with van der Waals surface area (Å²) in [6, 6.07) is 2.07. The molecule has 1 aliphatic carbocycles. The van der Waals surface area contributed by atoms with Crippen LogP contribution in [0, 0.1) is 5.82 Å². The summed E-state index contributed by atoms with van der Waals surface area (Å²) >= 11 is 0. The van der Waals surface area contributed by atoms with Crippen LogP contribution in [0.4, 0.5) is 4.39 Å². The van der Waals surface area contributed by atoms with Crippen LogP contribution >= 0.6 is 0 Å². The van der Waals surface area contributed by atoms with Crippen LogP contribution in [0.25, 0.3) is 0 Å². The molecule has 1 aliphatic rings. The van der Waals surface area contributed by atoms with Crippen LogP contribution in [-0.2, 0) is 5.60 Å². The van der Waals surface area contributed by atoms with Crippen molar-refractivity contribution in [3.05, 3.63) is 29.1 Å².